The fourth-order valence-corrected chi connectivity index (χ4v) is 5.98. The zero-order valence-electron chi connectivity index (χ0n) is 20.7. The summed E-state index contributed by atoms with van der Waals surface area (Å²) >= 11 is 0. The van der Waals surface area contributed by atoms with Gasteiger partial charge >= 0.3 is 0 Å². The van der Waals surface area contributed by atoms with Crippen molar-refractivity contribution in [2.75, 3.05) is 7.11 Å². The van der Waals surface area contributed by atoms with E-state index < -0.39 is 0 Å². The first kappa shape index (κ1) is 23.8. The average molecular weight is 477 g/mol. The van der Waals surface area contributed by atoms with Gasteiger partial charge in [0.25, 0.3) is 5.91 Å². The fourth-order valence-electron chi connectivity index (χ4n) is 5.98. The maximum atomic E-state index is 14.0. The summed E-state index contributed by atoms with van der Waals surface area (Å²) < 4.78 is 7.73. The lowest BCUT2D eigenvalue weighted by atomic mass is 9.88. The summed E-state index contributed by atoms with van der Waals surface area (Å²) in [5.41, 5.74) is 3.12. The highest BCUT2D eigenvalue weighted by Gasteiger charge is 2.34. The number of nitrogens with zero attached hydrogens (tertiary/aromatic N) is 4. The van der Waals surface area contributed by atoms with E-state index in [0.717, 1.165) is 36.8 Å². The van der Waals surface area contributed by atoms with E-state index in [9.17, 15) is 9.90 Å². The number of hydrogen-bond donors (Lipinski definition) is 1. The SMILES string of the molecule is COc1cc(Cn2c(CO)nc3ncccc32)ccc1C(=O)N(C1CCCCC1)C1CCCCC1. The molecular weight excluding hydrogens is 440 g/mol. The van der Waals surface area contributed by atoms with Crippen molar-refractivity contribution < 1.29 is 14.6 Å². The molecule has 2 fully saturated rings. The van der Waals surface area contributed by atoms with E-state index in [1.807, 2.05) is 34.9 Å². The van der Waals surface area contributed by atoms with Crippen molar-refractivity contribution in [1.82, 2.24) is 19.4 Å². The number of amides is 1. The van der Waals surface area contributed by atoms with Crippen LogP contribution in [0, 0.1) is 0 Å². The van der Waals surface area contributed by atoms with Crippen molar-refractivity contribution >= 4 is 17.1 Å². The van der Waals surface area contributed by atoms with Gasteiger partial charge in [-0.3, -0.25) is 4.79 Å². The van der Waals surface area contributed by atoms with E-state index in [1.165, 1.54) is 38.5 Å². The van der Waals surface area contributed by atoms with E-state index in [-0.39, 0.29) is 12.5 Å². The standard InChI is InChI=1S/C28H36N4O3/c1-35-25-17-20(18-31-24-13-8-16-29-27(24)30-26(31)19-33)14-15-23(25)28(34)32(21-9-4-2-5-10-21)22-11-6-3-7-12-22/h8,13-17,21-22,33H,2-7,9-12,18-19H2,1H3. The van der Waals surface area contributed by atoms with E-state index in [4.69, 9.17) is 4.74 Å². The van der Waals surface area contributed by atoms with Gasteiger partial charge in [0.05, 0.1) is 18.2 Å². The number of fused-ring (bicyclic) bond motifs is 1. The molecule has 2 aliphatic carbocycles. The Morgan fingerprint density at radius 1 is 1.06 bits per heavy atom. The van der Waals surface area contributed by atoms with Crippen molar-refractivity contribution in [3.05, 3.63) is 53.5 Å². The Labute approximate surface area is 207 Å². The number of aliphatic hydroxyl groups excluding tert-OH is 1. The van der Waals surface area contributed by atoms with Crippen molar-refractivity contribution in [2.45, 2.75) is 89.4 Å². The molecule has 5 rings (SSSR count). The van der Waals surface area contributed by atoms with Crippen LogP contribution >= 0.6 is 0 Å². The van der Waals surface area contributed by atoms with Gasteiger partial charge in [-0.1, -0.05) is 44.6 Å². The molecule has 2 aliphatic rings. The molecule has 0 atom stereocenters. The zero-order chi connectivity index (χ0) is 24.2. The smallest absolute Gasteiger partial charge is 0.258 e. The lowest BCUT2D eigenvalue weighted by molar-refractivity contribution is 0.0445. The van der Waals surface area contributed by atoms with Gasteiger partial charge in [0.1, 0.15) is 18.2 Å². The van der Waals surface area contributed by atoms with Crippen LogP contribution in [0.2, 0.25) is 0 Å². The van der Waals surface area contributed by atoms with Crippen LogP contribution in [0.3, 0.4) is 0 Å². The second-order valence-electron chi connectivity index (χ2n) is 9.95. The molecule has 2 heterocycles. The number of ether oxygens (including phenoxy) is 1. The summed E-state index contributed by atoms with van der Waals surface area (Å²) in [4.78, 5) is 25.0. The minimum absolute atomic E-state index is 0.112. The molecule has 1 amide bonds. The highest BCUT2D eigenvalue weighted by atomic mass is 16.5. The fraction of sp³-hybridized carbons (Fsp3) is 0.536. The third-order valence-corrected chi connectivity index (χ3v) is 7.75. The molecule has 2 saturated carbocycles. The zero-order valence-corrected chi connectivity index (χ0v) is 20.7. The lowest BCUT2D eigenvalue weighted by Gasteiger charge is -2.42. The molecule has 0 radical (unpaired) electrons. The molecule has 35 heavy (non-hydrogen) atoms. The van der Waals surface area contributed by atoms with E-state index in [0.29, 0.717) is 41.4 Å². The van der Waals surface area contributed by atoms with Crippen molar-refractivity contribution in [3.8, 4) is 5.75 Å². The van der Waals surface area contributed by atoms with Gasteiger partial charge in [0, 0.05) is 24.8 Å². The number of pyridine rings is 1. The van der Waals surface area contributed by atoms with Crippen LogP contribution < -0.4 is 4.74 Å². The van der Waals surface area contributed by atoms with E-state index in [1.54, 1.807) is 13.3 Å². The topological polar surface area (TPSA) is 80.5 Å². The van der Waals surface area contributed by atoms with Crippen molar-refractivity contribution in [3.63, 3.8) is 0 Å². The van der Waals surface area contributed by atoms with Gasteiger partial charge in [-0.15, -0.1) is 0 Å². The number of benzene rings is 1. The Morgan fingerprint density at radius 3 is 2.37 bits per heavy atom. The van der Waals surface area contributed by atoms with Gasteiger partial charge in [0.2, 0.25) is 0 Å². The summed E-state index contributed by atoms with van der Waals surface area (Å²) in [6, 6.07) is 10.4. The minimum Gasteiger partial charge on any atom is -0.496 e. The first-order valence-electron chi connectivity index (χ1n) is 13.1. The Kier molecular flexibility index (Phi) is 7.32. The molecule has 1 aromatic carbocycles. The molecule has 0 spiro atoms. The quantitative estimate of drug-likeness (QED) is 0.514. The minimum atomic E-state index is -0.165. The second kappa shape index (κ2) is 10.8. The summed E-state index contributed by atoms with van der Waals surface area (Å²) in [7, 11) is 1.64. The number of carbonyl (C=O) groups is 1. The number of aliphatic hydroxyl groups is 1. The number of aromatic nitrogens is 3. The highest BCUT2D eigenvalue weighted by molar-refractivity contribution is 5.97. The Morgan fingerprint density at radius 2 is 1.74 bits per heavy atom. The highest BCUT2D eigenvalue weighted by Crippen LogP contribution is 2.33. The van der Waals surface area contributed by atoms with E-state index >= 15 is 0 Å². The van der Waals surface area contributed by atoms with Crippen LogP contribution in [0.25, 0.3) is 11.2 Å². The molecular formula is C28H36N4O3. The molecule has 7 heteroatoms. The average Bonchev–Trinajstić information content (AvgIpc) is 3.27. The first-order valence-corrected chi connectivity index (χ1v) is 13.1. The summed E-state index contributed by atoms with van der Waals surface area (Å²) in [6.45, 7) is 0.347. The molecule has 2 aromatic heterocycles. The number of methoxy groups -OCH3 is 1. The molecule has 7 nitrogen and oxygen atoms in total. The summed E-state index contributed by atoms with van der Waals surface area (Å²) in [6.07, 6.45) is 13.5. The Bertz CT molecular complexity index is 1140. The molecule has 0 unspecified atom stereocenters. The molecule has 0 bridgehead atoms. The second-order valence-corrected chi connectivity index (χ2v) is 9.95. The Balaban J connectivity index is 1.44. The maximum absolute atomic E-state index is 14.0. The maximum Gasteiger partial charge on any atom is 0.258 e. The van der Waals surface area contributed by atoms with E-state index in [2.05, 4.69) is 14.9 Å². The predicted molar refractivity (Wildman–Crippen MR) is 135 cm³/mol. The molecule has 1 N–H and O–H groups in total. The van der Waals surface area contributed by atoms with Gasteiger partial charge in [-0.25, -0.2) is 9.97 Å². The number of rotatable bonds is 7. The number of imidazole rings is 1. The number of carbonyl (C=O) groups excluding carboxylic acids is 1. The monoisotopic (exact) mass is 476 g/mol. The van der Waals surface area contributed by atoms with Gasteiger partial charge < -0.3 is 19.3 Å². The third-order valence-electron chi connectivity index (χ3n) is 7.75. The molecule has 3 aromatic rings. The Hall–Kier alpha value is -2.93. The molecule has 0 aliphatic heterocycles. The normalized spacial score (nSPS) is 17.5. The third kappa shape index (κ3) is 4.92. The van der Waals surface area contributed by atoms with Gasteiger partial charge in [-0.05, 0) is 55.5 Å². The van der Waals surface area contributed by atoms with Gasteiger partial charge in [0.15, 0.2) is 5.65 Å². The lowest BCUT2D eigenvalue weighted by Crippen LogP contribution is -2.48. The molecule has 0 saturated heterocycles. The van der Waals surface area contributed by atoms with Crippen LogP contribution in [-0.2, 0) is 13.2 Å². The van der Waals surface area contributed by atoms with Crippen molar-refractivity contribution in [2.24, 2.45) is 0 Å². The molecule has 186 valence electrons. The van der Waals surface area contributed by atoms with Crippen LogP contribution in [0.15, 0.2) is 36.5 Å². The van der Waals surface area contributed by atoms with Crippen LogP contribution in [0.4, 0.5) is 0 Å². The summed E-state index contributed by atoms with van der Waals surface area (Å²) in [5.74, 6) is 1.29. The summed E-state index contributed by atoms with van der Waals surface area (Å²) in [5, 5.41) is 9.84. The van der Waals surface area contributed by atoms with Crippen LogP contribution in [0.5, 0.6) is 5.75 Å². The van der Waals surface area contributed by atoms with Gasteiger partial charge in [-0.2, -0.15) is 0 Å². The number of hydrogen-bond acceptors (Lipinski definition) is 5. The van der Waals surface area contributed by atoms with Crippen LogP contribution in [-0.4, -0.2) is 49.6 Å². The van der Waals surface area contributed by atoms with Crippen LogP contribution in [0.1, 0.15) is 86.0 Å². The first-order chi connectivity index (χ1) is 17.2. The predicted octanol–water partition coefficient (Wildman–Crippen LogP) is 5.09. The largest absolute Gasteiger partial charge is 0.496 e. The van der Waals surface area contributed by atoms with Crippen molar-refractivity contribution in [1.29, 1.82) is 0 Å².